The minimum atomic E-state index is -1.10. The number of carboxylic acid groups (broad SMARTS) is 1. The van der Waals surface area contributed by atoms with Crippen molar-refractivity contribution in [2.45, 2.75) is 19.3 Å². The number of nitro benzene ring substituents is 1. The summed E-state index contributed by atoms with van der Waals surface area (Å²) >= 11 is 6.10. The number of carboxylic acids is 1. The van der Waals surface area contributed by atoms with Crippen LogP contribution in [0.25, 0.3) is 5.69 Å². The number of hydrogen-bond acceptors (Lipinski definition) is 4. The van der Waals surface area contributed by atoms with Crippen LogP contribution in [0, 0.1) is 10.1 Å². The molecule has 0 radical (unpaired) electrons. The highest BCUT2D eigenvalue weighted by Crippen LogP contribution is 2.32. The molecular formula is C13H10ClN3O4. The highest BCUT2D eigenvalue weighted by molar-refractivity contribution is 6.32. The van der Waals surface area contributed by atoms with Crippen LogP contribution >= 0.6 is 11.6 Å². The van der Waals surface area contributed by atoms with E-state index in [4.69, 9.17) is 11.6 Å². The van der Waals surface area contributed by atoms with Gasteiger partial charge in [0.25, 0.3) is 5.69 Å². The third-order valence-electron chi connectivity index (χ3n) is 3.50. The van der Waals surface area contributed by atoms with Crippen molar-refractivity contribution in [2.75, 3.05) is 0 Å². The molecule has 1 aliphatic rings. The second kappa shape index (κ2) is 4.85. The summed E-state index contributed by atoms with van der Waals surface area (Å²) in [5, 5.41) is 24.4. The molecule has 0 saturated heterocycles. The van der Waals surface area contributed by atoms with Crippen molar-refractivity contribution in [2.24, 2.45) is 0 Å². The largest absolute Gasteiger partial charge is 0.476 e. The first-order valence-electron chi connectivity index (χ1n) is 6.27. The molecular weight excluding hydrogens is 298 g/mol. The van der Waals surface area contributed by atoms with Crippen molar-refractivity contribution >= 4 is 23.3 Å². The molecule has 108 valence electrons. The zero-order chi connectivity index (χ0) is 15.1. The number of benzene rings is 1. The average molecular weight is 308 g/mol. The quantitative estimate of drug-likeness (QED) is 0.694. The normalized spacial score (nSPS) is 13.2. The number of rotatable bonds is 3. The summed E-state index contributed by atoms with van der Waals surface area (Å²) in [6.45, 7) is 0. The van der Waals surface area contributed by atoms with Gasteiger partial charge in [0.15, 0.2) is 5.69 Å². The summed E-state index contributed by atoms with van der Waals surface area (Å²) in [5.41, 5.74) is 1.65. The number of halogens is 1. The fourth-order valence-corrected chi connectivity index (χ4v) is 2.78. The second-order valence-electron chi connectivity index (χ2n) is 4.74. The molecule has 1 aromatic carbocycles. The Hall–Kier alpha value is -2.41. The third-order valence-corrected chi connectivity index (χ3v) is 3.82. The van der Waals surface area contributed by atoms with E-state index in [1.807, 2.05) is 0 Å². The predicted molar refractivity (Wildman–Crippen MR) is 74.2 cm³/mol. The lowest BCUT2D eigenvalue weighted by Gasteiger charge is -2.07. The maximum atomic E-state index is 11.2. The Kier molecular flexibility index (Phi) is 3.13. The molecule has 1 aliphatic carbocycles. The van der Waals surface area contributed by atoms with Crippen molar-refractivity contribution in [3.63, 3.8) is 0 Å². The van der Waals surface area contributed by atoms with E-state index in [9.17, 15) is 20.0 Å². The summed E-state index contributed by atoms with van der Waals surface area (Å²) in [7, 11) is 0. The van der Waals surface area contributed by atoms with Crippen LogP contribution in [0.15, 0.2) is 18.2 Å². The lowest BCUT2D eigenvalue weighted by atomic mass is 10.2. The molecule has 3 rings (SSSR count). The van der Waals surface area contributed by atoms with Crippen LogP contribution in [0.1, 0.15) is 28.2 Å². The summed E-state index contributed by atoms with van der Waals surface area (Å²) in [6, 6.07) is 4.02. The van der Waals surface area contributed by atoms with Gasteiger partial charge in [0.2, 0.25) is 0 Å². The Balaban J connectivity index is 2.22. The number of non-ortho nitro benzene ring substituents is 1. The van der Waals surface area contributed by atoms with Gasteiger partial charge in [0, 0.05) is 23.4 Å². The molecule has 0 bridgehead atoms. The van der Waals surface area contributed by atoms with Crippen molar-refractivity contribution in [1.82, 2.24) is 9.78 Å². The van der Waals surface area contributed by atoms with Crippen molar-refractivity contribution < 1.29 is 14.8 Å². The van der Waals surface area contributed by atoms with Gasteiger partial charge in [0.1, 0.15) is 0 Å². The molecule has 0 unspecified atom stereocenters. The Morgan fingerprint density at radius 2 is 2.19 bits per heavy atom. The van der Waals surface area contributed by atoms with Crippen LogP contribution in [0.2, 0.25) is 5.02 Å². The second-order valence-corrected chi connectivity index (χ2v) is 5.14. The summed E-state index contributed by atoms with van der Waals surface area (Å²) in [6.07, 6.45) is 2.15. The molecule has 1 N–H and O–H groups in total. The molecule has 2 aromatic rings. The number of aromatic carboxylic acids is 1. The maximum Gasteiger partial charge on any atom is 0.356 e. The van der Waals surface area contributed by atoms with E-state index in [2.05, 4.69) is 5.10 Å². The highest BCUT2D eigenvalue weighted by atomic mass is 35.5. The number of carbonyl (C=O) groups is 1. The van der Waals surface area contributed by atoms with Gasteiger partial charge in [-0.25, -0.2) is 9.48 Å². The fraction of sp³-hybridized carbons (Fsp3) is 0.231. The third kappa shape index (κ3) is 2.15. The molecule has 0 aliphatic heterocycles. The summed E-state index contributed by atoms with van der Waals surface area (Å²) in [5.74, 6) is -1.10. The van der Waals surface area contributed by atoms with Gasteiger partial charge in [-0.1, -0.05) is 11.6 Å². The molecule has 0 spiro atoms. The van der Waals surface area contributed by atoms with Gasteiger partial charge in [-0.05, 0) is 25.3 Å². The van der Waals surface area contributed by atoms with Crippen molar-refractivity contribution in [3.05, 3.63) is 50.3 Å². The maximum absolute atomic E-state index is 11.2. The van der Waals surface area contributed by atoms with E-state index in [1.54, 1.807) is 0 Å². The minimum Gasteiger partial charge on any atom is -0.476 e. The van der Waals surface area contributed by atoms with Crippen LogP contribution in [-0.2, 0) is 12.8 Å². The Morgan fingerprint density at radius 3 is 2.86 bits per heavy atom. The van der Waals surface area contributed by atoms with Gasteiger partial charge in [-0.15, -0.1) is 0 Å². The van der Waals surface area contributed by atoms with Gasteiger partial charge >= 0.3 is 5.97 Å². The van der Waals surface area contributed by atoms with Gasteiger partial charge in [-0.3, -0.25) is 10.1 Å². The van der Waals surface area contributed by atoms with E-state index < -0.39 is 10.9 Å². The van der Waals surface area contributed by atoms with Gasteiger partial charge < -0.3 is 5.11 Å². The standard InChI is InChI=1S/C13H10ClN3O4/c14-9-5-4-7(17(20)21)6-11(9)16-10-3-1-2-8(10)12(15-16)13(18)19/h4-6H,1-3H2,(H,18,19). The van der Waals surface area contributed by atoms with E-state index in [-0.39, 0.29) is 16.4 Å². The van der Waals surface area contributed by atoms with Crippen LogP contribution in [0.3, 0.4) is 0 Å². The molecule has 0 amide bonds. The van der Waals surface area contributed by atoms with E-state index >= 15 is 0 Å². The summed E-state index contributed by atoms with van der Waals surface area (Å²) in [4.78, 5) is 21.6. The van der Waals surface area contributed by atoms with Crippen molar-refractivity contribution in [1.29, 1.82) is 0 Å². The smallest absolute Gasteiger partial charge is 0.356 e. The minimum absolute atomic E-state index is 0.00919. The molecule has 8 heteroatoms. The molecule has 0 atom stereocenters. The number of hydrogen-bond donors (Lipinski definition) is 1. The Bertz CT molecular complexity index is 769. The number of aromatic nitrogens is 2. The molecule has 21 heavy (non-hydrogen) atoms. The zero-order valence-corrected chi connectivity index (χ0v) is 11.5. The molecule has 1 heterocycles. The monoisotopic (exact) mass is 307 g/mol. The highest BCUT2D eigenvalue weighted by Gasteiger charge is 2.27. The zero-order valence-electron chi connectivity index (χ0n) is 10.7. The number of nitrogens with zero attached hydrogens (tertiary/aromatic N) is 3. The van der Waals surface area contributed by atoms with Crippen LogP contribution in [-0.4, -0.2) is 25.8 Å². The molecule has 1 aromatic heterocycles. The first-order valence-corrected chi connectivity index (χ1v) is 6.65. The number of nitro groups is 1. The lowest BCUT2D eigenvalue weighted by Crippen LogP contribution is -2.05. The Morgan fingerprint density at radius 1 is 1.43 bits per heavy atom. The SMILES string of the molecule is O=C(O)c1nn(-c2cc([N+](=O)[O-])ccc2Cl)c2c1CCC2. The van der Waals surface area contributed by atoms with E-state index in [0.717, 1.165) is 12.1 Å². The van der Waals surface area contributed by atoms with Crippen molar-refractivity contribution in [3.8, 4) is 5.69 Å². The van der Waals surface area contributed by atoms with E-state index in [1.165, 1.54) is 22.9 Å². The number of fused-ring (bicyclic) bond motifs is 1. The first-order chi connectivity index (χ1) is 9.99. The average Bonchev–Trinajstić information content (AvgIpc) is 3.00. The van der Waals surface area contributed by atoms with Gasteiger partial charge in [-0.2, -0.15) is 5.10 Å². The van der Waals surface area contributed by atoms with Crippen LogP contribution < -0.4 is 0 Å². The van der Waals surface area contributed by atoms with E-state index in [0.29, 0.717) is 24.1 Å². The molecule has 7 nitrogen and oxygen atoms in total. The first kappa shape index (κ1) is 13.6. The van der Waals surface area contributed by atoms with Crippen LogP contribution in [0.4, 0.5) is 5.69 Å². The fourth-order valence-electron chi connectivity index (χ4n) is 2.59. The van der Waals surface area contributed by atoms with Crippen LogP contribution in [0.5, 0.6) is 0 Å². The Labute approximate surface area is 123 Å². The molecule has 0 saturated carbocycles. The van der Waals surface area contributed by atoms with Gasteiger partial charge in [0.05, 0.1) is 15.6 Å². The lowest BCUT2D eigenvalue weighted by molar-refractivity contribution is -0.384. The summed E-state index contributed by atoms with van der Waals surface area (Å²) < 4.78 is 1.42. The predicted octanol–water partition coefficient (Wildman–Crippen LogP) is 2.62. The molecule has 0 fully saturated rings. The topological polar surface area (TPSA) is 98.3 Å².